The van der Waals surface area contributed by atoms with Crippen molar-refractivity contribution in [1.82, 2.24) is 0 Å². The van der Waals surface area contributed by atoms with E-state index in [4.69, 9.17) is 11.6 Å². The number of nitro groups is 1. The molecule has 2 aromatic rings. The van der Waals surface area contributed by atoms with E-state index in [2.05, 4.69) is 4.36 Å². The number of amides is 1. The van der Waals surface area contributed by atoms with Gasteiger partial charge in [-0.25, -0.2) is 4.21 Å². The Kier molecular flexibility index (Phi) is 5.48. The number of nitrogens with zero attached hydrogens (tertiary/aromatic N) is 2. The second-order valence-electron chi connectivity index (χ2n) is 4.81. The highest BCUT2D eigenvalue weighted by Crippen LogP contribution is 2.22. The molecule has 0 aromatic heterocycles. The third-order valence-corrected chi connectivity index (χ3v) is 5.19. The molecule has 0 saturated carbocycles. The Hall–Kier alpha value is -2.51. The predicted octanol–water partition coefficient (Wildman–Crippen LogP) is 3.94. The maximum Gasteiger partial charge on any atom is 0.278 e. The number of hydrogen-bond acceptors (Lipinski definition) is 4. The monoisotopic (exact) mass is 364 g/mol. The summed E-state index contributed by atoms with van der Waals surface area (Å²) >= 11 is 5.98. The second kappa shape index (κ2) is 7.37. The van der Waals surface area contributed by atoms with Crippen molar-refractivity contribution in [2.24, 2.45) is 4.36 Å². The van der Waals surface area contributed by atoms with Crippen molar-refractivity contribution >= 4 is 39.0 Å². The molecule has 1 amide bonds. The Morgan fingerprint density at radius 1 is 1.21 bits per heavy atom. The zero-order valence-corrected chi connectivity index (χ0v) is 14.2. The lowest BCUT2D eigenvalue weighted by Crippen LogP contribution is -2.02. The first-order valence-electron chi connectivity index (χ1n) is 6.73. The zero-order valence-electron chi connectivity index (χ0n) is 12.6. The highest BCUT2D eigenvalue weighted by atomic mass is 35.5. The van der Waals surface area contributed by atoms with Crippen LogP contribution in [0, 0.1) is 10.1 Å². The molecule has 0 saturated heterocycles. The normalized spacial score (nSPS) is 13.4. The number of nitro benzene ring substituents is 1. The second-order valence-corrected chi connectivity index (χ2v) is 7.45. The summed E-state index contributed by atoms with van der Waals surface area (Å²) in [5, 5.41) is 11.2. The SMILES string of the molecule is CS(=O)(=NC(=O)/C=C/c1ccccc1[N+](=O)[O-])c1ccccc1Cl. The molecule has 0 radical (unpaired) electrons. The number of carbonyl (C=O) groups excluding carboxylic acids is 1. The molecule has 0 aliphatic heterocycles. The lowest BCUT2D eigenvalue weighted by molar-refractivity contribution is -0.385. The molecule has 0 spiro atoms. The van der Waals surface area contributed by atoms with Gasteiger partial charge in [-0.05, 0) is 24.3 Å². The number of carbonyl (C=O) groups is 1. The quantitative estimate of drug-likeness (QED) is 0.466. The van der Waals surface area contributed by atoms with Crippen LogP contribution in [0.25, 0.3) is 6.08 Å². The van der Waals surface area contributed by atoms with Crippen LogP contribution < -0.4 is 0 Å². The van der Waals surface area contributed by atoms with Gasteiger partial charge in [-0.15, -0.1) is 0 Å². The van der Waals surface area contributed by atoms with Crippen LogP contribution in [0.2, 0.25) is 5.02 Å². The standard InChI is InChI=1S/C16H13ClN2O4S/c1-24(23,15-9-5-3-7-13(15)17)18-16(20)11-10-12-6-2-4-8-14(12)19(21)22/h2-11H,1H3/b11-10+. The molecular formula is C16H13ClN2O4S. The third kappa shape index (κ3) is 4.27. The Bertz CT molecular complexity index is 947. The van der Waals surface area contributed by atoms with Gasteiger partial charge < -0.3 is 0 Å². The van der Waals surface area contributed by atoms with Crippen molar-refractivity contribution in [3.63, 3.8) is 0 Å². The molecule has 124 valence electrons. The van der Waals surface area contributed by atoms with Crippen molar-refractivity contribution in [2.45, 2.75) is 4.90 Å². The van der Waals surface area contributed by atoms with E-state index in [1.54, 1.807) is 24.3 Å². The molecular weight excluding hydrogens is 352 g/mol. The summed E-state index contributed by atoms with van der Waals surface area (Å²) in [5.74, 6) is -0.763. The minimum absolute atomic E-state index is 0.134. The van der Waals surface area contributed by atoms with E-state index in [0.29, 0.717) is 0 Å². The summed E-state index contributed by atoms with van der Waals surface area (Å²) in [6.07, 6.45) is 3.62. The Balaban J connectivity index is 2.32. The number of para-hydroxylation sites is 1. The van der Waals surface area contributed by atoms with Gasteiger partial charge in [0.05, 0.1) is 30.1 Å². The Morgan fingerprint density at radius 3 is 2.50 bits per heavy atom. The van der Waals surface area contributed by atoms with E-state index in [-0.39, 0.29) is 21.2 Å². The van der Waals surface area contributed by atoms with E-state index < -0.39 is 20.6 Å². The van der Waals surface area contributed by atoms with Crippen molar-refractivity contribution in [2.75, 3.05) is 6.26 Å². The molecule has 0 heterocycles. The summed E-state index contributed by atoms with van der Waals surface area (Å²) in [7, 11) is -3.01. The summed E-state index contributed by atoms with van der Waals surface area (Å²) in [5.41, 5.74) is 0.122. The highest BCUT2D eigenvalue weighted by molar-refractivity contribution is 7.93. The minimum atomic E-state index is -3.01. The summed E-state index contributed by atoms with van der Waals surface area (Å²) < 4.78 is 16.3. The van der Waals surface area contributed by atoms with E-state index in [9.17, 15) is 19.1 Å². The number of benzene rings is 2. The predicted molar refractivity (Wildman–Crippen MR) is 93.3 cm³/mol. The van der Waals surface area contributed by atoms with Crippen LogP contribution in [0.1, 0.15) is 5.56 Å². The topological polar surface area (TPSA) is 89.6 Å². The van der Waals surface area contributed by atoms with Gasteiger partial charge in [0.15, 0.2) is 0 Å². The van der Waals surface area contributed by atoms with Crippen molar-refractivity contribution < 1.29 is 13.9 Å². The molecule has 0 fully saturated rings. The van der Waals surface area contributed by atoms with Crippen LogP contribution in [-0.2, 0) is 14.5 Å². The maximum atomic E-state index is 12.6. The largest absolute Gasteiger partial charge is 0.278 e. The Morgan fingerprint density at radius 2 is 1.83 bits per heavy atom. The number of halogens is 1. The molecule has 0 aliphatic carbocycles. The van der Waals surface area contributed by atoms with E-state index in [1.165, 1.54) is 36.6 Å². The molecule has 2 aromatic carbocycles. The zero-order chi connectivity index (χ0) is 17.7. The van der Waals surface area contributed by atoms with Crippen LogP contribution in [-0.4, -0.2) is 21.3 Å². The van der Waals surface area contributed by atoms with Gasteiger partial charge in [0, 0.05) is 18.4 Å². The van der Waals surface area contributed by atoms with Crippen LogP contribution >= 0.6 is 11.6 Å². The van der Waals surface area contributed by atoms with Gasteiger partial charge in [-0.2, -0.15) is 4.36 Å². The van der Waals surface area contributed by atoms with Crippen molar-refractivity contribution in [1.29, 1.82) is 0 Å². The summed E-state index contributed by atoms with van der Waals surface area (Å²) in [6, 6.07) is 12.4. The van der Waals surface area contributed by atoms with E-state index in [1.807, 2.05) is 0 Å². The van der Waals surface area contributed by atoms with Gasteiger partial charge in [-0.1, -0.05) is 35.9 Å². The number of hydrogen-bond donors (Lipinski definition) is 0. The molecule has 0 bridgehead atoms. The van der Waals surface area contributed by atoms with Gasteiger partial charge in [0.1, 0.15) is 0 Å². The average Bonchev–Trinajstić information content (AvgIpc) is 2.53. The van der Waals surface area contributed by atoms with Crippen LogP contribution in [0.5, 0.6) is 0 Å². The summed E-state index contributed by atoms with van der Waals surface area (Å²) in [6.45, 7) is 0. The minimum Gasteiger partial charge on any atom is -0.267 e. The molecule has 0 N–H and O–H groups in total. The number of rotatable bonds is 4. The first-order chi connectivity index (χ1) is 11.3. The van der Waals surface area contributed by atoms with Crippen LogP contribution in [0.4, 0.5) is 5.69 Å². The van der Waals surface area contributed by atoms with Crippen molar-refractivity contribution in [3.8, 4) is 0 Å². The fourth-order valence-corrected chi connectivity index (χ4v) is 3.79. The maximum absolute atomic E-state index is 12.6. The lowest BCUT2D eigenvalue weighted by atomic mass is 10.1. The molecule has 1 atom stereocenters. The van der Waals surface area contributed by atoms with E-state index in [0.717, 1.165) is 6.08 Å². The fraction of sp³-hybridized carbons (Fsp3) is 0.0625. The first kappa shape index (κ1) is 17.8. The highest BCUT2D eigenvalue weighted by Gasteiger charge is 2.13. The van der Waals surface area contributed by atoms with Gasteiger partial charge >= 0.3 is 0 Å². The Labute approximate surface area is 144 Å². The molecule has 8 heteroatoms. The fourth-order valence-electron chi connectivity index (χ4n) is 1.96. The van der Waals surface area contributed by atoms with Crippen molar-refractivity contribution in [3.05, 3.63) is 75.3 Å². The first-order valence-corrected chi connectivity index (χ1v) is 9.03. The van der Waals surface area contributed by atoms with Crippen LogP contribution in [0.3, 0.4) is 0 Å². The van der Waals surface area contributed by atoms with E-state index >= 15 is 0 Å². The molecule has 1 unspecified atom stereocenters. The lowest BCUT2D eigenvalue weighted by Gasteiger charge is -2.04. The summed E-state index contributed by atoms with van der Waals surface area (Å²) in [4.78, 5) is 22.6. The molecule has 0 aliphatic rings. The van der Waals surface area contributed by atoms with Gasteiger partial charge in [0.2, 0.25) is 0 Å². The molecule has 24 heavy (non-hydrogen) atoms. The molecule has 6 nitrogen and oxygen atoms in total. The van der Waals surface area contributed by atoms with Gasteiger partial charge in [-0.3, -0.25) is 14.9 Å². The van der Waals surface area contributed by atoms with Crippen LogP contribution in [0.15, 0.2) is 63.9 Å². The smallest absolute Gasteiger partial charge is 0.267 e. The van der Waals surface area contributed by atoms with Gasteiger partial charge in [0.25, 0.3) is 11.6 Å². The molecule has 2 rings (SSSR count). The average molecular weight is 365 g/mol. The third-order valence-electron chi connectivity index (χ3n) is 3.05.